The van der Waals surface area contributed by atoms with Gasteiger partial charge in [-0.15, -0.1) is 0 Å². The first-order valence-electron chi connectivity index (χ1n) is 7.19. The molecule has 3 rings (SSSR count). The monoisotopic (exact) mass is 236 g/mol. The Morgan fingerprint density at radius 3 is 2.59 bits per heavy atom. The molecule has 2 bridgehead atoms. The molecule has 17 heavy (non-hydrogen) atoms. The van der Waals surface area contributed by atoms with Gasteiger partial charge in [0.25, 0.3) is 0 Å². The third-order valence-electron chi connectivity index (χ3n) is 5.02. The van der Waals surface area contributed by atoms with Gasteiger partial charge in [-0.25, -0.2) is 0 Å². The van der Waals surface area contributed by atoms with Gasteiger partial charge in [-0.05, 0) is 50.4 Å². The highest BCUT2D eigenvalue weighted by molar-refractivity contribution is 5.79. The normalized spacial score (nSPS) is 45.3. The van der Waals surface area contributed by atoms with Crippen LogP contribution in [0.15, 0.2) is 0 Å². The van der Waals surface area contributed by atoms with Gasteiger partial charge < -0.3 is 10.6 Å². The van der Waals surface area contributed by atoms with Gasteiger partial charge in [0.1, 0.15) is 0 Å². The minimum absolute atomic E-state index is 0.216. The number of fused-ring (bicyclic) bond motifs is 2. The fourth-order valence-electron chi connectivity index (χ4n) is 4.29. The van der Waals surface area contributed by atoms with Crippen LogP contribution in [-0.2, 0) is 4.79 Å². The zero-order valence-electron chi connectivity index (χ0n) is 10.8. The van der Waals surface area contributed by atoms with Gasteiger partial charge in [-0.2, -0.15) is 0 Å². The van der Waals surface area contributed by atoms with Crippen LogP contribution in [-0.4, -0.2) is 29.4 Å². The summed E-state index contributed by atoms with van der Waals surface area (Å²) in [4.78, 5) is 14.7. The largest absolute Gasteiger partial charge is 0.339 e. The summed E-state index contributed by atoms with van der Waals surface area (Å²) in [7, 11) is 0. The maximum Gasteiger partial charge on any atom is 0.226 e. The Morgan fingerprint density at radius 2 is 2.00 bits per heavy atom. The van der Waals surface area contributed by atoms with E-state index < -0.39 is 0 Å². The summed E-state index contributed by atoms with van der Waals surface area (Å²) in [6.45, 7) is 3.26. The Labute approximate surface area is 104 Å². The summed E-state index contributed by atoms with van der Waals surface area (Å²) in [5.41, 5.74) is 6.06. The van der Waals surface area contributed by atoms with Crippen molar-refractivity contribution in [2.45, 2.75) is 57.5 Å². The smallest absolute Gasteiger partial charge is 0.226 e. The molecule has 96 valence electrons. The molecule has 0 aromatic rings. The van der Waals surface area contributed by atoms with Crippen molar-refractivity contribution in [3.8, 4) is 0 Å². The fourth-order valence-corrected chi connectivity index (χ4v) is 4.29. The molecular weight excluding hydrogens is 212 g/mol. The van der Waals surface area contributed by atoms with Crippen LogP contribution in [0.5, 0.6) is 0 Å². The van der Waals surface area contributed by atoms with Crippen LogP contribution >= 0.6 is 0 Å². The van der Waals surface area contributed by atoms with Gasteiger partial charge in [0, 0.05) is 24.5 Å². The highest BCUT2D eigenvalue weighted by Gasteiger charge is 2.43. The van der Waals surface area contributed by atoms with Gasteiger partial charge in [0.2, 0.25) is 5.91 Å². The molecule has 2 saturated carbocycles. The predicted octanol–water partition coefficient (Wildman–Crippen LogP) is 1.76. The number of nitrogens with zero attached hydrogens (tertiary/aromatic N) is 1. The third-order valence-corrected chi connectivity index (χ3v) is 5.02. The summed E-state index contributed by atoms with van der Waals surface area (Å²) in [6.07, 6.45) is 6.91. The van der Waals surface area contributed by atoms with Crippen molar-refractivity contribution in [1.29, 1.82) is 0 Å². The Balaban J connectivity index is 1.65. The third kappa shape index (κ3) is 2.10. The SMILES string of the molecule is CC1CC(N)CC(C(=O)N2CC3CCC2C3)C1. The number of hydrogen-bond acceptors (Lipinski definition) is 2. The van der Waals surface area contributed by atoms with E-state index in [0.29, 0.717) is 17.9 Å². The van der Waals surface area contributed by atoms with Crippen molar-refractivity contribution >= 4 is 5.91 Å². The van der Waals surface area contributed by atoms with E-state index in [1.807, 2.05) is 0 Å². The van der Waals surface area contributed by atoms with Gasteiger partial charge in [-0.1, -0.05) is 6.92 Å². The number of carbonyl (C=O) groups excluding carboxylic acids is 1. The van der Waals surface area contributed by atoms with Gasteiger partial charge in [0.15, 0.2) is 0 Å². The van der Waals surface area contributed by atoms with Crippen LogP contribution < -0.4 is 5.73 Å². The fraction of sp³-hybridized carbons (Fsp3) is 0.929. The molecule has 3 heteroatoms. The lowest BCUT2D eigenvalue weighted by Gasteiger charge is -2.36. The van der Waals surface area contributed by atoms with Crippen LogP contribution in [0.25, 0.3) is 0 Å². The molecule has 0 radical (unpaired) electrons. The van der Waals surface area contributed by atoms with E-state index in [4.69, 9.17) is 5.73 Å². The summed E-state index contributed by atoms with van der Waals surface area (Å²) in [6, 6.07) is 0.813. The minimum Gasteiger partial charge on any atom is -0.339 e. The number of nitrogens with two attached hydrogens (primary N) is 1. The molecule has 3 fully saturated rings. The second-order valence-electron chi connectivity index (χ2n) is 6.59. The van der Waals surface area contributed by atoms with Crippen molar-refractivity contribution in [3.05, 3.63) is 0 Å². The van der Waals surface area contributed by atoms with E-state index in [9.17, 15) is 4.79 Å². The van der Waals surface area contributed by atoms with Crippen LogP contribution in [0.3, 0.4) is 0 Å². The van der Waals surface area contributed by atoms with E-state index in [-0.39, 0.29) is 12.0 Å². The number of hydrogen-bond donors (Lipinski definition) is 1. The maximum absolute atomic E-state index is 12.6. The first-order chi connectivity index (χ1) is 8.13. The second-order valence-corrected chi connectivity index (χ2v) is 6.59. The van der Waals surface area contributed by atoms with Gasteiger partial charge in [0.05, 0.1) is 0 Å². The lowest BCUT2D eigenvalue weighted by molar-refractivity contribution is -0.139. The average Bonchev–Trinajstić information content (AvgIpc) is 2.88. The number of rotatable bonds is 1. The summed E-state index contributed by atoms with van der Waals surface area (Å²) in [5, 5.41) is 0. The zero-order chi connectivity index (χ0) is 12.0. The van der Waals surface area contributed by atoms with Crippen molar-refractivity contribution in [2.75, 3.05) is 6.54 Å². The Kier molecular flexibility index (Phi) is 2.89. The molecule has 0 spiro atoms. The van der Waals surface area contributed by atoms with E-state index in [2.05, 4.69) is 11.8 Å². The highest BCUT2D eigenvalue weighted by atomic mass is 16.2. The van der Waals surface area contributed by atoms with Crippen molar-refractivity contribution in [3.63, 3.8) is 0 Å². The molecule has 0 aromatic carbocycles. The van der Waals surface area contributed by atoms with Crippen LogP contribution in [0.1, 0.15) is 45.4 Å². The van der Waals surface area contributed by atoms with Crippen molar-refractivity contribution in [1.82, 2.24) is 4.90 Å². The molecule has 1 aliphatic heterocycles. The molecule has 3 nitrogen and oxygen atoms in total. The van der Waals surface area contributed by atoms with Crippen LogP contribution in [0.2, 0.25) is 0 Å². The molecule has 5 unspecified atom stereocenters. The lowest BCUT2D eigenvalue weighted by Crippen LogP contribution is -2.45. The lowest BCUT2D eigenvalue weighted by atomic mass is 9.79. The molecule has 2 N–H and O–H groups in total. The van der Waals surface area contributed by atoms with Gasteiger partial charge >= 0.3 is 0 Å². The number of likely N-dealkylation sites (tertiary alicyclic amines) is 1. The maximum atomic E-state index is 12.6. The molecule has 1 amide bonds. The van der Waals surface area contributed by atoms with Crippen molar-refractivity contribution < 1.29 is 4.79 Å². The number of amides is 1. The van der Waals surface area contributed by atoms with Crippen molar-refractivity contribution in [2.24, 2.45) is 23.5 Å². The van der Waals surface area contributed by atoms with Crippen LogP contribution in [0.4, 0.5) is 0 Å². The molecule has 3 aliphatic rings. The minimum atomic E-state index is 0.216. The Bertz CT molecular complexity index is 307. The van der Waals surface area contributed by atoms with Crippen LogP contribution in [0, 0.1) is 17.8 Å². The van der Waals surface area contributed by atoms with E-state index in [1.165, 1.54) is 19.3 Å². The topological polar surface area (TPSA) is 46.3 Å². The molecule has 1 heterocycles. The second kappa shape index (κ2) is 4.27. The number of piperidine rings is 1. The zero-order valence-corrected chi connectivity index (χ0v) is 10.8. The van der Waals surface area contributed by atoms with E-state index in [0.717, 1.165) is 31.7 Å². The average molecular weight is 236 g/mol. The number of carbonyl (C=O) groups is 1. The standard InChI is InChI=1S/C14H24N2O/c1-9-4-11(7-12(15)5-9)14(17)16-8-10-2-3-13(16)6-10/h9-13H,2-8,15H2,1H3. The molecule has 0 aromatic heterocycles. The quantitative estimate of drug-likeness (QED) is 0.754. The Morgan fingerprint density at radius 1 is 1.18 bits per heavy atom. The van der Waals surface area contributed by atoms with E-state index in [1.54, 1.807) is 0 Å². The highest BCUT2D eigenvalue weighted by Crippen LogP contribution is 2.39. The molecule has 2 aliphatic carbocycles. The van der Waals surface area contributed by atoms with E-state index >= 15 is 0 Å². The summed E-state index contributed by atoms with van der Waals surface area (Å²) in [5.74, 6) is 2.05. The molecule has 5 atom stereocenters. The first-order valence-corrected chi connectivity index (χ1v) is 7.19. The molecule has 1 saturated heterocycles. The summed E-state index contributed by atoms with van der Waals surface area (Å²) >= 11 is 0. The molecular formula is C14H24N2O. The summed E-state index contributed by atoms with van der Waals surface area (Å²) < 4.78 is 0. The van der Waals surface area contributed by atoms with Gasteiger partial charge in [-0.3, -0.25) is 4.79 Å². The predicted molar refractivity (Wildman–Crippen MR) is 67.3 cm³/mol. The Hall–Kier alpha value is -0.570. The first kappa shape index (κ1) is 11.5.